The highest BCUT2D eigenvalue weighted by Gasteiger charge is 2.37. The molecule has 0 spiro atoms. The Morgan fingerprint density at radius 2 is 1.62 bits per heavy atom. The predicted octanol–water partition coefficient (Wildman–Crippen LogP) is 2.06. The van der Waals surface area contributed by atoms with E-state index in [0.717, 1.165) is 5.56 Å². The lowest BCUT2D eigenvalue weighted by Crippen LogP contribution is -2.45. The number of carbonyl (C=O) groups is 3. The van der Waals surface area contributed by atoms with Gasteiger partial charge in [-0.1, -0.05) is 48.5 Å². The SMILES string of the molecule is C[C@H](c1ccccc1)N1C[C@@H](C(=O)NNC(=O)c2ccccc2)CC1=O. The lowest BCUT2D eigenvalue weighted by atomic mass is 10.1. The van der Waals surface area contributed by atoms with E-state index < -0.39 is 11.8 Å². The summed E-state index contributed by atoms with van der Waals surface area (Å²) in [6.45, 7) is 2.28. The quantitative estimate of drug-likeness (QED) is 0.828. The smallest absolute Gasteiger partial charge is 0.269 e. The van der Waals surface area contributed by atoms with Crippen LogP contribution in [0.25, 0.3) is 0 Å². The van der Waals surface area contributed by atoms with Crippen molar-refractivity contribution in [2.75, 3.05) is 6.54 Å². The summed E-state index contributed by atoms with van der Waals surface area (Å²) in [6, 6.07) is 18.2. The predicted molar refractivity (Wildman–Crippen MR) is 96.7 cm³/mol. The second-order valence-corrected chi connectivity index (χ2v) is 6.34. The standard InChI is InChI=1S/C20H21N3O3/c1-14(15-8-4-2-5-9-15)23-13-17(12-18(23)24)20(26)22-21-19(25)16-10-6-3-7-11-16/h2-11,14,17H,12-13H2,1H3,(H,21,25)(H,22,26)/t14-,17+/m1/s1. The zero-order valence-electron chi connectivity index (χ0n) is 14.5. The summed E-state index contributed by atoms with van der Waals surface area (Å²) in [5.41, 5.74) is 6.30. The third-order valence-corrected chi connectivity index (χ3v) is 4.61. The first-order chi connectivity index (χ1) is 12.6. The Labute approximate surface area is 152 Å². The molecule has 3 amide bonds. The molecule has 0 saturated carbocycles. The van der Waals surface area contributed by atoms with Gasteiger partial charge >= 0.3 is 0 Å². The van der Waals surface area contributed by atoms with Gasteiger partial charge < -0.3 is 4.90 Å². The Morgan fingerprint density at radius 1 is 1.00 bits per heavy atom. The maximum atomic E-state index is 12.3. The minimum Gasteiger partial charge on any atom is -0.335 e. The van der Waals surface area contributed by atoms with Crippen molar-refractivity contribution < 1.29 is 14.4 Å². The highest BCUT2D eigenvalue weighted by molar-refractivity contribution is 5.96. The van der Waals surface area contributed by atoms with Crippen molar-refractivity contribution in [3.8, 4) is 0 Å². The Balaban J connectivity index is 1.56. The summed E-state index contributed by atoms with van der Waals surface area (Å²) in [5.74, 6) is -1.29. The van der Waals surface area contributed by atoms with E-state index in [-0.39, 0.29) is 24.3 Å². The topological polar surface area (TPSA) is 78.5 Å². The van der Waals surface area contributed by atoms with E-state index in [9.17, 15) is 14.4 Å². The largest absolute Gasteiger partial charge is 0.335 e. The van der Waals surface area contributed by atoms with Crippen LogP contribution in [0.1, 0.15) is 35.3 Å². The maximum absolute atomic E-state index is 12.3. The van der Waals surface area contributed by atoms with Gasteiger partial charge in [-0.3, -0.25) is 25.2 Å². The number of nitrogens with zero attached hydrogens (tertiary/aromatic N) is 1. The Kier molecular flexibility index (Phi) is 5.31. The molecule has 1 heterocycles. The van der Waals surface area contributed by atoms with Gasteiger partial charge in [0.2, 0.25) is 11.8 Å². The van der Waals surface area contributed by atoms with Crippen LogP contribution in [0.5, 0.6) is 0 Å². The van der Waals surface area contributed by atoms with Gasteiger partial charge in [0.15, 0.2) is 0 Å². The summed E-state index contributed by atoms with van der Waals surface area (Å²) < 4.78 is 0. The number of benzene rings is 2. The second kappa shape index (κ2) is 7.82. The fourth-order valence-electron chi connectivity index (χ4n) is 3.08. The van der Waals surface area contributed by atoms with Gasteiger partial charge in [0.05, 0.1) is 12.0 Å². The molecule has 0 radical (unpaired) electrons. The fourth-order valence-corrected chi connectivity index (χ4v) is 3.08. The highest BCUT2D eigenvalue weighted by Crippen LogP contribution is 2.28. The molecular formula is C20H21N3O3. The van der Waals surface area contributed by atoms with Crippen LogP contribution in [0.3, 0.4) is 0 Å². The molecule has 2 aromatic carbocycles. The summed E-state index contributed by atoms with van der Waals surface area (Å²) in [7, 11) is 0. The summed E-state index contributed by atoms with van der Waals surface area (Å²) in [5, 5.41) is 0. The fraction of sp³-hybridized carbons (Fsp3) is 0.250. The van der Waals surface area contributed by atoms with Crippen LogP contribution in [-0.4, -0.2) is 29.2 Å². The van der Waals surface area contributed by atoms with Crippen LogP contribution in [0, 0.1) is 5.92 Å². The van der Waals surface area contributed by atoms with Gasteiger partial charge in [-0.15, -0.1) is 0 Å². The first-order valence-corrected chi connectivity index (χ1v) is 8.56. The van der Waals surface area contributed by atoms with Crippen molar-refractivity contribution in [3.63, 3.8) is 0 Å². The number of hydrogen-bond acceptors (Lipinski definition) is 3. The summed E-state index contributed by atoms with van der Waals surface area (Å²) in [6.07, 6.45) is 0.143. The number of nitrogens with one attached hydrogen (secondary N) is 2. The first-order valence-electron chi connectivity index (χ1n) is 8.56. The van der Waals surface area contributed by atoms with Crippen LogP contribution in [0.15, 0.2) is 60.7 Å². The Bertz CT molecular complexity index is 792. The zero-order valence-corrected chi connectivity index (χ0v) is 14.5. The molecule has 1 aliphatic heterocycles. The van der Waals surface area contributed by atoms with Crippen molar-refractivity contribution in [1.82, 2.24) is 15.8 Å². The van der Waals surface area contributed by atoms with E-state index in [2.05, 4.69) is 10.9 Å². The van der Waals surface area contributed by atoms with Crippen LogP contribution >= 0.6 is 0 Å². The van der Waals surface area contributed by atoms with E-state index >= 15 is 0 Å². The molecule has 0 aliphatic carbocycles. The summed E-state index contributed by atoms with van der Waals surface area (Å²) in [4.78, 5) is 38.3. The minimum absolute atomic E-state index is 0.0594. The molecule has 3 rings (SSSR count). The van der Waals surface area contributed by atoms with E-state index in [4.69, 9.17) is 0 Å². The third kappa shape index (κ3) is 3.91. The molecule has 0 unspecified atom stereocenters. The molecule has 1 saturated heterocycles. The molecule has 1 aliphatic rings. The molecule has 2 atom stereocenters. The zero-order chi connectivity index (χ0) is 18.5. The molecular weight excluding hydrogens is 330 g/mol. The number of hydrogen-bond donors (Lipinski definition) is 2. The van der Waals surface area contributed by atoms with Crippen LogP contribution < -0.4 is 10.9 Å². The average molecular weight is 351 g/mol. The number of rotatable bonds is 4. The van der Waals surface area contributed by atoms with Gasteiger partial charge in [-0.05, 0) is 24.6 Å². The molecule has 1 fully saturated rings. The lowest BCUT2D eigenvalue weighted by Gasteiger charge is -2.25. The van der Waals surface area contributed by atoms with Crippen LogP contribution in [-0.2, 0) is 9.59 Å². The molecule has 134 valence electrons. The Hall–Kier alpha value is -3.15. The van der Waals surface area contributed by atoms with Gasteiger partial charge in [0.25, 0.3) is 5.91 Å². The van der Waals surface area contributed by atoms with E-state index in [1.807, 2.05) is 43.3 Å². The summed E-state index contributed by atoms with van der Waals surface area (Å²) >= 11 is 0. The van der Waals surface area contributed by atoms with Crippen molar-refractivity contribution in [1.29, 1.82) is 0 Å². The molecule has 6 nitrogen and oxygen atoms in total. The van der Waals surface area contributed by atoms with Crippen molar-refractivity contribution in [2.45, 2.75) is 19.4 Å². The molecule has 0 aromatic heterocycles. The molecule has 2 N–H and O–H groups in total. The van der Waals surface area contributed by atoms with Gasteiger partial charge in [-0.25, -0.2) is 0 Å². The maximum Gasteiger partial charge on any atom is 0.269 e. The molecule has 6 heteroatoms. The number of likely N-dealkylation sites (tertiary alicyclic amines) is 1. The van der Waals surface area contributed by atoms with Crippen LogP contribution in [0.4, 0.5) is 0 Å². The van der Waals surface area contributed by atoms with Crippen molar-refractivity contribution >= 4 is 17.7 Å². The lowest BCUT2D eigenvalue weighted by molar-refractivity contribution is -0.130. The highest BCUT2D eigenvalue weighted by atomic mass is 16.2. The monoisotopic (exact) mass is 351 g/mol. The Morgan fingerprint density at radius 3 is 2.27 bits per heavy atom. The molecule has 0 bridgehead atoms. The number of carbonyl (C=O) groups excluding carboxylic acids is 3. The molecule has 26 heavy (non-hydrogen) atoms. The number of hydrazine groups is 1. The molecule has 2 aromatic rings. The van der Waals surface area contributed by atoms with Gasteiger partial charge in [0.1, 0.15) is 0 Å². The van der Waals surface area contributed by atoms with Crippen molar-refractivity contribution in [2.24, 2.45) is 5.92 Å². The van der Waals surface area contributed by atoms with Crippen molar-refractivity contribution in [3.05, 3.63) is 71.8 Å². The third-order valence-electron chi connectivity index (χ3n) is 4.61. The normalized spacial score (nSPS) is 17.7. The van der Waals surface area contributed by atoms with E-state index in [1.165, 1.54) is 0 Å². The second-order valence-electron chi connectivity index (χ2n) is 6.34. The minimum atomic E-state index is -0.482. The van der Waals surface area contributed by atoms with E-state index in [1.54, 1.807) is 29.2 Å². The van der Waals surface area contributed by atoms with E-state index in [0.29, 0.717) is 12.1 Å². The van der Waals surface area contributed by atoms with Crippen LogP contribution in [0.2, 0.25) is 0 Å². The van der Waals surface area contributed by atoms with Gasteiger partial charge in [-0.2, -0.15) is 0 Å². The number of amides is 3. The van der Waals surface area contributed by atoms with Gasteiger partial charge in [0, 0.05) is 18.5 Å². The first kappa shape index (κ1) is 17.7. The average Bonchev–Trinajstić information content (AvgIpc) is 3.08.